The molecule has 0 aliphatic carbocycles. The van der Waals surface area contributed by atoms with Crippen molar-refractivity contribution in [2.75, 3.05) is 31.6 Å². The molecule has 2 aromatic rings. The van der Waals surface area contributed by atoms with Crippen LogP contribution < -0.4 is 19.7 Å². The highest BCUT2D eigenvalue weighted by atomic mass is 16.5. The zero-order valence-corrected chi connectivity index (χ0v) is 15.3. The average molecular weight is 339 g/mol. The van der Waals surface area contributed by atoms with Crippen molar-refractivity contribution < 1.29 is 9.47 Å². The van der Waals surface area contributed by atoms with E-state index in [1.54, 1.807) is 7.11 Å². The van der Waals surface area contributed by atoms with Crippen LogP contribution in [-0.4, -0.2) is 38.9 Å². The zero-order chi connectivity index (χ0) is 17.6. The molecule has 3 rings (SSSR count). The molecule has 1 radical (unpaired) electrons. The van der Waals surface area contributed by atoms with Crippen LogP contribution in [0.25, 0.3) is 0 Å². The Morgan fingerprint density at radius 1 is 1.12 bits per heavy atom. The van der Waals surface area contributed by atoms with Crippen molar-refractivity contribution in [2.45, 2.75) is 32.4 Å². The summed E-state index contributed by atoms with van der Waals surface area (Å²) in [5, 5.41) is 4.81. The van der Waals surface area contributed by atoms with E-state index in [9.17, 15) is 0 Å². The maximum Gasteiger partial charge on any atom is 0.163 e. The van der Waals surface area contributed by atoms with E-state index in [1.165, 1.54) is 11.3 Å². The summed E-state index contributed by atoms with van der Waals surface area (Å²) in [6.45, 7) is 6.80. The predicted molar refractivity (Wildman–Crippen MR) is 102 cm³/mol. The highest BCUT2D eigenvalue weighted by molar-refractivity contribution is 5.57. The second-order valence-corrected chi connectivity index (χ2v) is 6.70. The number of rotatable bonds is 6. The molecular formula is C21H27N2O2. The molecule has 0 saturated carbocycles. The van der Waals surface area contributed by atoms with Crippen LogP contribution in [0, 0.1) is 0 Å². The van der Waals surface area contributed by atoms with E-state index >= 15 is 0 Å². The molecule has 1 aliphatic rings. The van der Waals surface area contributed by atoms with Gasteiger partial charge < -0.3 is 14.4 Å². The van der Waals surface area contributed by atoms with Gasteiger partial charge in [0.2, 0.25) is 0 Å². The molecule has 2 aromatic carbocycles. The maximum absolute atomic E-state index is 5.92. The summed E-state index contributed by atoms with van der Waals surface area (Å²) >= 11 is 0. The molecule has 133 valence electrons. The van der Waals surface area contributed by atoms with E-state index in [1.807, 2.05) is 19.9 Å². The van der Waals surface area contributed by atoms with Gasteiger partial charge in [0.25, 0.3) is 0 Å². The number of nitrogens with zero attached hydrogens (tertiary/aromatic N) is 2. The van der Waals surface area contributed by atoms with Crippen LogP contribution in [0.5, 0.6) is 11.5 Å². The van der Waals surface area contributed by atoms with Crippen molar-refractivity contribution in [3.8, 4) is 11.5 Å². The van der Waals surface area contributed by atoms with Gasteiger partial charge in [-0.3, -0.25) is 0 Å². The van der Waals surface area contributed by atoms with Crippen LogP contribution in [0.4, 0.5) is 5.69 Å². The van der Waals surface area contributed by atoms with Crippen molar-refractivity contribution in [1.82, 2.24) is 5.32 Å². The molecular weight excluding hydrogens is 312 g/mol. The summed E-state index contributed by atoms with van der Waals surface area (Å²) in [6.07, 6.45) is 1.11. The van der Waals surface area contributed by atoms with Gasteiger partial charge in [0.15, 0.2) is 11.5 Å². The fourth-order valence-corrected chi connectivity index (χ4v) is 3.22. The second-order valence-electron chi connectivity index (χ2n) is 6.70. The summed E-state index contributed by atoms with van der Waals surface area (Å²) < 4.78 is 11.3. The molecule has 4 heteroatoms. The molecule has 1 aliphatic heterocycles. The Morgan fingerprint density at radius 3 is 2.64 bits per heavy atom. The third-order valence-electron chi connectivity index (χ3n) is 4.38. The average Bonchev–Trinajstić information content (AvgIpc) is 2.62. The molecule has 4 nitrogen and oxygen atoms in total. The molecule has 0 N–H and O–H groups in total. The van der Waals surface area contributed by atoms with Gasteiger partial charge in [-0.15, -0.1) is 0 Å². The SMILES string of the molecule is COc1ccc(N2CC[N][C@@H](Cc3ccccc3)C2)cc1OC(C)C. The van der Waals surface area contributed by atoms with Gasteiger partial charge in [-0.05, 0) is 38.0 Å². The number of methoxy groups -OCH3 is 1. The largest absolute Gasteiger partial charge is 0.493 e. The number of benzene rings is 2. The Bertz CT molecular complexity index is 673. The van der Waals surface area contributed by atoms with Crippen molar-refractivity contribution in [1.29, 1.82) is 0 Å². The Hall–Kier alpha value is -2.20. The van der Waals surface area contributed by atoms with E-state index in [-0.39, 0.29) is 6.10 Å². The van der Waals surface area contributed by atoms with Gasteiger partial charge in [-0.1, -0.05) is 30.3 Å². The topological polar surface area (TPSA) is 35.8 Å². The zero-order valence-electron chi connectivity index (χ0n) is 15.3. The fourth-order valence-electron chi connectivity index (χ4n) is 3.22. The fraction of sp³-hybridized carbons (Fsp3) is 0.429. The summed E-state index contributed by atoms with van der Waals surface area (Å²) in [5.74, 6) is 1.58. The minimum atomic E-state index is 0.117. The van der Waals surface area contributed by atoms with Gasteiger partial charge in [0.05, 0.1) is 13.2 Å². The van der Waals surface area contributed by atoms with Crippen LogP contribution in [0.15, 0.2) is 48.5 Å². The van der Waals surface area contributed by atoms with Gasteiger partial charge in [0.1, 0.15) is 0 Å². The van der Waals surface area contributed by atoms with E-state index < -0.39 is 0 Å². The third-order valence-corrected chi connectivity index (χ3v) is 4.38. The summed E-state index contributed by atoms with van der Waals surface area (Å²) in [7, 11) is 1.68. The number of ether oxygens (including phenoxy) is 2. The summed E-state index contributed by atoms with van der Waals surface area (Å²) in [4.78, 5) is 2.40. The predicted octanol–water partition coefficient (Wildman–Crippen LogP) is 3.52. The smallest absolute Gasteiger partial charge is 0.163 e. The third kappa shape index (κ3) is 4.67. The first-order valence-corrected chi connectivity index (χ1v) is 8.96. The molecule has 0 unspecified atom stereocenters. The molecule has 1 fully saturated rings. The van der Waals surface area contributed by atoms with Crippen LogP contribution in [0.2, 0.25) is 0 Å². The van der Waals surface area contributed by atoms with Crippen molar-refractivity contribution in [2.24, 2.45) is 0 Å². The van der Waals surface area contributed by atoms with Crippen molar-refractivity contribution >= 4 is 5.69 Å². The van der Waals surface area contributed by atoms with Gasteiger partial charge >= 0.3 is 0 Å². The van der Waals surface area contributed by atoms with Crippen LogP contribution >= 0.6 is 0 Å². The van der Waals surface area contributed by atoms with Crippen LogP contribution in [0.1, 0.15) is 19.4 Å². The summed E-state index contributed by atoms with van der Waals surface area (Å²) in [5.41, 5.74) is 2.51. The quantitative estimate of drug-likeness (QED) is 0.808. The summed E-state index contributed by atoms with van der Waals surface area (Å²) in [6, 6.07) is 17.1. The number of hydrogen-bond acceptors (Lipinski definition) is 3. The van der Waals surface area contributed by atoms with Crippen molar-refractivity contribution in [3.05, 3.63) is 54.1 Å². The first-order chi connectivity index (χ1) is 12.2. The van der Waals surface area contributed by atoms with E-state index in [2.05, 4.69) is 47.4 Å². The van der Waals surface area contributed by atoms with Crippen molar-refractivity contribution in [3.63, 3.8) is 0 Å². The lowest BCUT2D eigenvalue weighted by molar-refractivity contribution is 0.230. The molecule has 1 heterocycles. The van der Waals surface area contributed by atoms with E-state index in [0.29, 0.717) is 6.04 Å². The highest BCUT2D eigenvalue weighted by Crippen LogP contribution is 2.33. The van der Waals surface area contributed by atoms with Crippen LogP contribution in [-0.2, 0) is 6.42 Å². The number of hydrogen-bond donors (Lipinski definition) is 0. The number of piperazine rings is 1. The first kappa shape index (κ1) is 17.6. The van der Waals surface area contributed by atoms with E-state index in [4.69, 9.17) is 14.8 Å². The molecule has 25 heavy (non-hydrogen) atoms. The Labute approximate surface area is 150 Å². The lowest BCUT2D eigenvalue weighted by atomic mass is 10.0. The van der Waals surface area contributed by atoms with E-state index in [0.717, 1.165) is 37.6 Å². The van der Waals surface area contributed by atoms with Gasteiger partial charge in [-0.2, -0.15) is 0 Å². The standard InChI is InChI=1S/C21H27N2O2/c1-16(2)25-21-14-19(9-10-20(21)24-3)23-12-11-22-18(15-23)13-17-7-5-4-6-8-17/h4-10,14,16,18H,11-13,15H2,1-3H3/t18-/m0/s1. The maximum atomic E-state index is 5.92. The minimum Gasteiger partial charge on any atom is -0.493 e. The normalized spacial score (nSPS) is 17.6. The van der Waals surface area contributed by atoms with Crippen LogP contribution in [0.3, 0.4) is 0 Å². The van der Waals surface area contributed by atoms with Gasteiger partial charge in [-0.25, -0.2) is 5.32 Å². The molecule has 1 atom stereocenters. The Kier molecular flexibility index (Phi) is 5.82. The lowest BCUT2D eigenvalue weighted by Crippen LogP contribution is -2.48. The van der Waals surface area contributed by atoms with Gasteiger partial charge in [0, 0.05) is 37.4 Å². The molecule has 1 saturated heterocycles. The molecule has 0 aromatic heterocycles. The molecule has 0 bridgehead atoms. The second kappa shape index (κ2) is 8.26. The Morgan fingerprint density at radius 2 is 1.92 bits per heavy atom. The molecule has 0 amide bonds. The number of anilines is 1. The lowest BCUT2D eigenvalue weighted by Gasteiger charge is -2.34. The first-order valence-electron chi connectivity index (χ1n) is 8.96. The molecule has 0 spiro atoms. The Balaban J connectivity index is 1.72. The monoisotopic (exact) mass is 339 g/mol. The highest BCUT2D eigenvalue weighted by Gasteiger charge is 2.22. The minimum absolute atomic E-state index is 0.117.